The van der Waals surface area contributed by atoms with Crippen LogP contribution in [0.4, 0.5) is 17.1 Å². The van der Waals surface area contributed by atoms with Crippen molar-refractivity contribution in [3.63, 3.8) is 0 Å². The first-order valence-corrected chi connectivity index (χ1v) is 16.9. The number of quaternary nitrogens is 1. The Hall–Kier alpha value is -3.12. The molecule has 0 unspecified atom stereocenters. The number of halogens is 2. The van der Waals surface area contributed by atoms with Crippen molar-refractivity contribution in [2.75, 3.05) is 43.4 Å². The van der Waals surface area contributed by atoms with Gasteiger partial charge in [-0.3, -0.25) is 9.79 Å². The smallest absolute Gasteiger partial charge is 0.279 e. The number of aliphatic imine (C=N–C) groups is 1. The predicted molar refractivity (Wildman–Crippen MR) is 192 cm³/mol. The van der Waals surface area contributed by atoms with Gasteiger partial charge in [-0.1, -0.05) is 69.6 Å². The van der Waals surface area contributed by atoms with Gasteiger partial charge in [-0.25, -0.2) is 0 Å². The van der Waals surface area contributed by atoms with Gasteiger partial charge >= 0.3 is 0 Å². The molecule has 0 saturated heterocycles. The molecule has 0 radical (unpaired) electrons. The third kappa shape index (κ3) is 6.65. The summed E-state index contributed by atoms with van der Waals surface area (Å²) in [6.45, 7) is 18.8. The normalized spacial score (nSPS) is 20.2. The summed E-state index contributed by atoms with van der Waals surface area (Å²) in [5.41, 5.74) is 9.79. The van der Waals surface area contributed by atoms with Crippen molar-refractivity contribution in [3.8, 4) is 0 Å². The number of para-hydroxylation sites is 1. The molecular weight excluding hydrogens is 611 g/mol. The van der Waals surface area contributed by atoms with Crippen LogP contribution < -0.4 is 22.6 Å². The van der Waals surface area contributed by atoms with Gasteiger partial charge in [-0.15, -0.1) is 0 Å². The van der Waals surface area contributed by atoms with Crippen LogP contribution in [0.2, 0.25) is 0 Å². The molecule has 0 aromatic heterocycles. The molecule has 0 atom stereocenters. The van der Waals surface area contributed by atoms with Gasteiger partial charge in [0.2, 0.25) is 0 Å². The average molecular weight is 662 g/mol. The fourth-order valence-electron chi connectivity index (χ4n) is 7.25. The number of allylic oxidation sites excluding steroid dienone is 8. The van der Waals surface area contributed by atoms with E-state index in [1.165, 1.54) is 22.5 Å². The molecule has 1 amide bonds. The van der Waals surface area contributed by atoms with Crippen LogP contribution in [0.5, 0.6) is 0 Å². The number of hydrogen-bond donors (Lipinski definition) is 1. The van der Waals surface area contributed by atoms with E-state index in [9.17, 15) is 4.79 Å². The number of anilines is 2. The highest BCUT2D eigenvalue weighted by Crippen LogP contribution is 2.47. The number of carbonyl (C=O) groups is 1. The standard InChI is InChI=1S/C39H49ClN4O.ClH/c1-9-44(10-2,11-3)26-36(45)41-29-21-22-32-31(25-29)38(4,5)34(42-32)23-19-27-15-14-16-28(37(27)40)20-24-35-39(6,7)30-17-12-13-18-33(30)43(35)8;/h12-13,17-25H,9-11,14-16,26H2,1-8H3;1H/b23-19+,28-20+,35-24+;. The lowest BCUT2D eigenvalue weighted by atomic mass is 9.81. The molecule has 2 heterocycles. The van der Waals surface area contributed by atoms with Crippen LogP contribution >= 0.6 is 11.6 Å². The highest BCUT2D eigenvalue weighted by Gasteiger charge is 2.38. The van der Waals surface area contributed by atoms with Gasteiger partial charge in [0.25, 0.3) is 5.91 Å². The molecule has 5 rings (SSSR count). The lowest BCUT2D eigenvalue weighted by Crippen LogP contribution is -3.00. The summed E-state index contributed by atoms with van der Waals surface area (Å²) in [4.78, 5) is 20.3. The first-order valence-electron chi connectivity index (χ1n) is 16.6. The predicted octanol–water partition coefficient (Wildman–Crippen LogP) is 6.34. The minimum Gasteiger partial charge on any atom is -1.00 e. The molecule has 0 fully saturated rings. The van der Waals surface area contributed by atoms with Crippen molar-refractivity contribution in [1.82, 2.24) is 0 Å². The van der Waals surface area contributed by atoms with Gasteiger partial charge < -0.3 is 27.1 Å². The number of hydrogen-bond acceptors (Lipinski definition) is 3. The second kappa shape index (κ2) is 13.9. The molecule has 2 aromatic rings. The van der Waals surface area contributed by atoms with E-state index < -0.39 is 0 Å². The van der Waals surface area contributed by atoms with Crippen LogP contribution in [0.3, 0.4) is 0 Å². The topological polar surface area (TPSA) is 44.7 Å². The zero-order chi connectivity index (χ0) is 32.6. The highest BCUT2D eigenvalue weighted by atomic mass is 35.5. The number of rotatable bonds is 9. The molecule has 2 aliphatic heterocycles. The van der Waals surface area contributed by atoms with Gasteiger partial charge in [-0.05, 0) is 98.7 Å². The molecule has 1 aliphatic carbocycles. The third-order valence-electron chi connectivity index (χ3n) is 10.6. The molecule has 246 valence electrons. The Balaban J connectivity index is 0.00000480. The lowest BCUT2D eigenvalue weighted by molar-refractivity contribution is -0.915. The maximum absolute atomic E-state index is 13.0. The molecule has 2 aromatic carbocycles. The molecule has 0 spiro atoms. The van der Waals surface area contributed by atoms with E-state index in [1.54, 1.807) is 0 Å². The van der Waals surface area contributed by atoms with Crippen LogP contribution in [-0.4, -0.2) is 49.3 Å². The van der Waals surface area contributed by atoms with E-state index >= 15 is 0 Å². The van der Waals surface area contributed by atoms with Crippen molar-refractivity contribution in [2.45, 2.75) is 78.6 Å². The van der Waals surface area contributed by atoms with Crippen LogP contribution in [0.15, 0.2) is 93.6 Å². The largest absolute Gasteiger partial charge is 1.00 e. The zero-order valence-electron chi connectivity index (χ0n) is 28.8. The molecular formula is C39H50Cl2N4O. The van der Waals surface area contributed by atoms with E-state index in [1.807, 2.05) is 12.1 Å². The summed E-state index contributed by atoms with van der Waals surface area (Å²) in [5, 5.41) is 4.01. The first kappa shape index (κ1) is 35.7. The minimum atomic E-state index is -0.291. The van der Waals surface area contributed by atoms with Gasteiger partial charge in [0, 0.05) is 40.0 Å². The summed E-state index contributed by atoms with van der Waals surface area (Å²) >= 11 is 7.06. The van der Waals surface area contributed by atoms with Crippen molar-refractivity contribution < 1.29 is 21.7 Å². The number of fused-ring (bicyclic) bond motifs is 2. The van der Waals surface area contributed by atoms with Gasteiger partial charge in [0.15, 0.2) is 6.54 Å². The van der Waals surface area contributed by atoms with E-state index in [2.05, 4.69) is 120 Å². The van der Waals surface area contributed by atoms with Gasteiger partial charge in [-0.2, -0.15) is 0 Å². The SMILES string of the molecule is CC[N+](CC)(CC)CC(=O)Nc1ccc2c(c1)C(C)(C)C(/C=C/C1=C(Cl)C(=C/C=C3/N(C)c4ccccc4C3(C)C)/CCC1)=N2.[Cl-]. The third-order valence-corrected chi connectivity index (χ3v) is 11.1. The molecule has 46 heavy (non-hydrogen) atoms. The molecule has 1 N–H and O–H groups in total. The molecule has 0 saturated carbocycles. The number of nitrogens with one attached hydrogen (secondary N) is 1. The lowest BCUT2D eigenvalue weighted by Gasteiger charge is -2.34. The Kier molecular flexibility index (Phi) is 10.8. The van der Waals surface area contributed by atoms with Crippen molar-refractivity contribution in [2.24, 2.45) is 4.99 Å². The second-order valence-electron chi connectivity index (χ2n) is 13.8. The Morgan fingerprint density at radius 1 is 0.957 bits per heavy atom. The summed E-state index contributed by atoms with van der Waals surface area (Å²) in [7, 11) is 2.15. The molecule has 0 bridgehead atoms. The summed E-state index contributed by atoms with van der Waals surface area (Å²) in [6.07, 6.45) is 11.8. The maximum Gasteiger partial charge on any atom is 0.279 e. The monoisotopic (exact) mass is 660 g/mol. The second-order valence-corrected chi connectivity index (χ2v) is 14.2. The minimum absolute atomic E-state index is 0. The molecule has 5 nitrogen and oxygen atoms in total. The Morgan fingerprint density at radius 2 is 1.65 bits per heavy atom. The van der Waals surface area contributed by atoms with Gasteiger partial charge in [0.1, 0.15) is 0 Å². The number of benzene rings is 2. The summed E-state index contributed by atoms with van der Waals surface area (Å²) < 4.78 is 0.788. The van der Waals surface area contributed by atoms with Crippen molar-refractivity contribution in [3.05, 3.63) is 99.8 Å². The van der Waals surface area contributed by atoms with E-state index in [0.717, 1.165) is 76.6 Å². The van der Waals surface area contributed by atoms with Gasteiger partial charge in [0.05, 0.1) is 31.0 Å². The van der Waals surface area contributed by atoms with Crippen LogP contribution in [-0.2, 0) is 15.6 Å². The fourth-order valence-corrected chi connectivity index (χ4v) is 7.56. The number of likely N-dealkylation sites (N-methyl/N-ethyl adjacent to an activating group) is 2. The highest BCUT2D eigenvalue weighted by molar-refractivity contribution is 6.32. The Morgan fingerprint density at radius 3 is 2.33 bits per heavy atom. The molecule has 7 heteroatoms. The summed E-state index contributed by atoms with van der Waals surface area (Å²) in [5.74, 6) is 0.0587. The van der Waals surface area contributed by atoms with Crippen LogP contribution in [0.25, 0.3) is 0 Å². The fraction of sp³-hybridized carbons (Fsp3) is 0.436. The quantitative estimate of drug-likeness (QED) is 0.319. The van der Waals surface area contributed by atoms with E-state index in [-0.39, 0.29) is 29.1 Å². The summed E-state index contributed by atoms with van der Waals surface area (Å²) in [6, 6.07) is 14.7. The molecule has 3 aliphatic rings. The number of carbonyl (C=O) groups excluding carboxylic acids is 1. The Bertz CT molecular complexity index is 1630. The van der Waals surface area contributed by atoms with E-state index in [0.29, 0.717) is 6.54 Å². The Labute approximate surface area is 287 Å². The zero-order valence-corrected chi connectivity index (χ0v) is 30.3. The van der Waals surface area contributed by atoms with Crippen molar-refractivity contribution in [1.29, 1.82) is 0 Å². The maximum atomic E-state index is 13.0. The van der Waals surface area contributed by atoms with Crippen molar-refractivity contribution >= 4 is 40.3 Å². The van der Waals surface area contributed by atoms with Crippen LogP contribution in [0.1, 0.15) is 78.9 Å². The first-order chi connectivity index (χ1) is 21.4. The number of nitrogens with zero attached hydrogens (tertiary/aromatic N) is 3. The van der Waals surface area contributed by atoms with Crippen LogP contribution in [0, 0.1) is 0 Å². The van der Waals surface area contributed by atoms with E-state index in [4.69, 9.17) is 16.6 Å². The number of amides is 1. The average Bonchev–Trinajstić information content (AvgIpc) is 3.39.